The van der Waals surface area contributed by atoms with Crippen molar-refractivity contribution in [3.8, 4) is 0 Å². The molecule has 1 aromatic heterocycles. The number of amides is 1. The highest BCUT2D eigenvalue weighted by molar-refractivity contribution is 5.98. The van der Waals surface area contributed by atoms with Gasteiger partial charge in [0, 0.05) is 29.1 Å². The lowest BCUT2D eigenvalue weighted by atomic mass is 9.99. The van der Waals surface area contributed by atoms with Crippen LogP contribution in [-0.4, -0.2) is 34.2 Å². The van der Waals surface area contributed by atoms with Crippen molar-refractivity contribution in [3.63, 3.8) is 0 Å². The Hall–Kier alpha value is -1.88. The second kappa shape index (κ2) is 4.59. The lowest BCUT2D eigenvalue weighted by Gasteiger charge is -2.29. The van der Waals surface area contributed by atoms with Crippen LogP contribution in [0.1, 0.15) is 36.0 Å². The molecule has 4 rings (SSSR count). The van der Waals surface area contributed by atoms with Crippen LogP contribution >= 0.6 is 0 Å². The van der Waals surface area contributed by atoms with Gasteiger partial charge in [-0.15, -0.1) is 0 Å². The number of fused-ring (bicyclic) bond motifs is 3. The highest BCUT2D eigenvalue weighted by Gasteiger charge is 2.34. The van der Waals surface area contributed by atoms with Crippen LogP contribution in [0, 0.1) is 0 Å². The van der Waals surface area contributed by atoms with E-state index in [1.54, 1.807) is 6.20 Å². The van der Waals surface area contributed by atoms with Crippen LogP contribution in [0.4, 0.5) is 0 Å². The molecule has 2 bridgehead atoms. The van der Waals surface area contributed by atoms with Crippen LogP contribution in [0.3, 0.4) is 0 Å². The average molecular weight is 270 g/mol. The Morgan fingerprint density at radius 1 is 1.25 bits per heavy atom. The zero-order valence-electron chi connectivity index (χ0n) is 11.2. The number of carbonyl (C=O) groups is 1. The molecular weight excluding hydrogens is 252 g/mol. The summed E-state index contributed by atoms with van der Waals surface area (Å²) in [5.74, 6) is 0.0272. The van der Waals surface area contributed by atoms with Gasteiger partial charge in [-0.3, -0.25) is 9.89 Å². The summed E-state index contributed by atoms with van der Waals surface area (Å²) < 4.78 is 0. The van der Waals surface area contributed by atoms with Gasteiger partial charge in [-0.2, -0.15) is 5.10 Å². The molecule has 3 heterocycles. The quantitative estimate of drug-likeness (QED) is 0.776. The highest BCUT2D eigenvalue weighted by atomic mass is 16.1. The molecule has 1 aromatic carbocycles. The van der Waals surface area contributed by atoms with Crippen LogP contribution in [0.5, 0.6) is 0 Å². The number of carbonyl (C=O) groups excluding carboxylic acids is 1. The number of benzene rings is 1. The van der Waals surface area contributed by atoms with Crippen molar-refractivity contribution < 1.29 is 4.79 Å². The minimum absolute atomic E-state index is 0.0272. The van der Waals surface area contributed by atoms with E-state index in [4.69, 9.17) is 0 Å². The predicted octanol–water partition coefficient (Wildman–Crippen LogP) is 1.58. The standard InChI is InChI=1S/C15H18N4O/c20-15(9-1-4-14-10(5-9)8-16-19-14)18-13-6-11-2-3-12(7-13)17-11/h1,4-5,8,11-13,17H,2-3,6-7H2,(H,16,19)(H,18,20). The second-order valence-electron chi connectivity index (χ2n) is 5.95. The molecule has 2 unspecified atom stereocenters. The van der Waals surface area contributed by atoms with Crippen molar-refractivity contribution in [1.82, 2.24) is 20.8 Å². The van der Waals surface area contributed by atoms with Crippen molar-refractivity contribution in [2.45, 2.75) is 43.8 Å². The number of H-pyrrole nitrogens is 1. The van der Waals surface area contributed by atoms with Crippen LogP contribution in [0.25, 0.3) is 10.9 Å². The molecule has 20 heavy (non-hydrogen) atoms. The summed E-state index contributed by atoms with van der Waals surface area (Å²) in [7, 11) is 0. The van der Waals surface area contributed by atoms with Gasteiger partial charge in [0.05, 0.1) is 11.7 Å². The normalized spacial score (nSPS) is 28.7. The van der Waals surface area contributed by atoms with Gasteiger partial charge in [0.15, 0.2) is 0 Å². The fourth-order valence-corrected chi connectivity index (χ4v) is 3.53. The topological polar surface area (TPSA) is 69.8 Å². The first-order valence-corrected chi connectivity index (χ1v) is 7.28. The minimum atomic E-state index is 0.0272. The lowest BCUT2D eigenvalue weighted by molar-refractivity contribution is 0.0924. The molecule has 5 nitrogen and oxygen atoms in total. The van der Waals surface area contributed by atoms with Crippen molar-refractivity contribution in [2.24, 2.45) is 0 Å². The van der Waals surface area contributed by atoms with Crippen LogP contribution < -0.4 is 10.6 Å². The second-order valence-corrected chi connectivity index (χ2v) is 5.95. The lowest BCUT2D eigenvalue weighted by Crippen LogP contribution is -2.48. The number of nitrogens with zero attached hydrogens (tertiary/aromatic N) is 1. The Morgan fingerprint density at radius 2 is 2.05 bits per heavy atom. The number of hydrogen-bond acceptors (Lipinski definition) is 3. The maximum Gasteiger partial charge on any atom is 0.251 e. The Bertz CT molecular complexity index is 638. The predicted molar refractivity (Wildman–Crippen MR) is 76.5 cm³/mol. The molecule has 2 atom stereocenters. The molecule has 2 saturated heterocycles. The summed E-state index contributed by atoms with van der Waals surface area (Å²) in [6, 6.07) is 7.14. The molecule has 2 aliphatic heterocycles. The van der Waals surface area contributed by atoms with Gasteiger partial charge < -0.3 is 10.6 Å². The van der Waals surface area contributed by atoms with E-state index in [0.29, 0.717) is 23.7 Å². The van der Waals surface area contributed by atoms with E-state index in [2.05, 4.69) is 20.8 Å². The van der Waals surface area contributed by atoms with Gasteiger partial charge in [0.25, 0.3) is 5.91 Å². The van der Waals surface area contributed by atoms with Gasteiger partial charge in [0.1, 0.15) is 0 Å². The van der Waals surface area contributed by atoms with Gasteiger partial charge in [-0.1, -0.05) is 0 Å². The third-order valence-corrected chi connectivity index (χ3v) is 4.51. The van der Waals surface area contributed by atoms with E-state index in [0.717, 1.165) is 23.7 Å². The van der Waals surface area contributed by atoms with E-state index >= 15 is 0 Å². The van der Waals surface area contributed by atoms with E-state index < -0.39 is 0 Å². The minimum Gasteiger partial charge on any atom is -0.349 e. The average Bonchev–Trinajstić information content (AvgIpc) is 3.04. The van der Waals surface area contributed by atoms with E-state index in [-0.39, 0.29) is 5.91 Å². The van der Waals surface area contributed by atoms with E-state index in [1.165, 1.54) is 12.8 Å². The van der Waals surface area contributed by atoms with Gasteiger partial charge in [-0.05, 0) is 43.9 Å². The van der Waals surface area contributed by atoms with Crippen LogP contribution in [0.2, 0.25) is 0 Å². The third-order valence-electron chi connectivity index (χ3n) is 4.51. The number of aromatic amines is 1. The van der Waals surface area contributed by atoms with Gasteiger partial charge in [0.2, 0.25) is 0 Å². The zero-order chi connectivity index (χ0) is 13.5. The van der Waals surface area contributed by atoms with Gasteiger partial charge in [-0.25, -0.2) is 0 Å². The largest absolute Gasteiger partial charge is 0.349 e. The Kier molecular flexibility index (Phi) is 2.73. The summed E-state index contributed by atoms with van der Waals surface area (Å²) in [6.07, 6.45) is 6.35. The number of nitrogens with one attached hydrogen (secondary N) is 3. The molecule has 2 aromatic rings. The summed E-state index contributed by atoms with van der Waals surface area (Å²) in [5.41, 5.74) is 1.67. The first-order chi connectivity index (χ1) is 9.78. The molecule has 2 aliphatic rings. The molecule has 104 valence electrons. The molecule has 0 spiro atoms. The number of hydrogen-bond donors (Lipinski definition) is 3. The van der Waals surface area contributed by atoms with Gasteiger partial charge >= 0.3 is 0 Å². The van der Waals surface area contributed by atoms with Crippen LogP contribution in [0.15, 0.2) is 24.4 Å². The maximum atomic E-state index is 12.4. The Morgan fingerprint density at radius 3 is 2.85 bits per heavy atom. The first kappa shape index (κ1) is 11.9. The first-order valence-electron chi connectivity index (χ1n) is 7.28. The molecule has 5 heteroatoms. The smallest absolute Gasteiger partial charge is 0.251 e. The molecule has 0 aliphatic carbocycles. The van der Waals surface area contributed by atoms with E-state index in [9.17, 15) is 4.79 Å². The van der Waals surface area contributed by atoms with Crippen LogP contribution in [-0.2, 0) is 0 Å². The number of aromatic nitrogens is 2. The fraction of sp³-hybridized carbons (Fsp3) is 0.467. The van der Waals surface area contributed by atoms with Crippen molar-refractivity contribution in [3.05, 3.63) is 30.0 Å². The zero-order valence-corrected chi connectivity index (χ0v) is 11.2. The third kappa shape index (κ3) is 2.08. The molecule has 0 saturated carbocycles. The summed E-state index contributed by atoms with van der Waals surface area (Å²) >= 11 is 0. The Labute approximate surface area is 117 Å². The summed E-state index contributed by atoms with van der Waals surface area (Å²) in [6.45, 7) is 0. The molecular formula is C15H18N4O. The fourth-order valence-electron chi connectivity index (χ4n) is 3.53. The molecule has 1 amide bonds. The Balaban J connectivity index is 1.49. The number of rotatable bonds is 2. The van der Waals surface area contributed by atoms with Crippen molar-refractivity contribution in [2.75, 3.05) is 0 Å². The number of piperidine rings is 1. The highest BCUT2D eigenvalue weighted by Crippen LogP contribution is 2.27. The summed E-state index contributed by atoms with van der Waals surface area (Å²) in [4.78, 5) is 12.4. The molecule has 2 fully saturated rings. The molecule has 0 radical (unpaired) electrons. The van der Waals surface area contributed by atoms with E-state index in [1.807, 2.05) is 18.2 Å². The van der Waals surface area contributed by atoms with Crippen molar-refractivity contribution in [1.29, 1.82) is 0 Å². The maximum absolute atomic E-state index is 12.4. The molecule has 3 N–H and O–H groups in total. The monoisotopic (exact) mass is 270 g/mol. The summed E-state index contributed by atoms with van der Waals surface area (Å²) in [5, 5.41) is 14.6. The van der Waals surface area contributed by atoms with Crippen molar-refractivity contribution >= 4 is 16.8 Å². The SMILES string of the molecule is O=C(NC1CC2CCC(C1)N2)c1ccc2[nH]ncc2c1.